The second-order valence-electron chi connectivity index (χ2n) is 1.43. The largest absolute Gasteiger partial charge is 0.276 e. The van der Waals surface area contributed by atoms with Gasteiger partial charge in [0.1, 0.15) is 0 Å². The van der Waals surface area contributed by atoms with Crippen LogP contribution in [0.5, 0.6) is 0 Å². The fraction of sp³-hybridized carbons (Fsp3) is 1.00. The van der Waals surface area contributed by atoms with Crippen LogP contribution in [0, 0.1) is 0 Å². The van der Waals surface area contributed by atoms with E-state index in [1.165, 1.54) is 10.8 Å². The SMILES string of the molecule is CS[SH](C)(C)=O. The lowest BCUT2D eigenvalue weighted by Gasteiger charge is -2.03. The van der Waals surface area contributed by atoms with Crippen molar-refractivity contribution in [2.24, 2.45) is 0 Å². The lowest BCUT2D eigenvalue weighted by Crippen LogP contribution is -1.95. The molecule has 0 amide bonds. The highest BCUT2D eigenvalue weighted by atomic mass is 33.2. The molecule has 6 heavy (non-hydrogen) atoms. The van der Waals surface area contributed by atoms with Crippen LogP contribution in [-0.4, -0.2) is 23.0 Å². The molecule has 1 nitrogen and oxygen atoms in total. The molecular weight excluding hydrogens is 116 g/mol. The van der Waals surface area contributed by atoms with E-state index in [2.05, 4.69) is 0 Å². The Labute approximate surface area is 43.3 Å². The molecule has 0 aliphatic heterocycles. The van der Waals surface area contributed by atoms with E-state index < -0.39 is 8.96 Å². The first-order chi connectivity index (χ1) is 2.56. The van der Waals surface area contributed by atoms with E-state index in [0.29, 0.717) is 0 Å². The van der Waals surface area contributed by atoms with Gasteiger partial charge in [-0.15, -0.1) is 0 Å². The Kier molecular flexibility index (Phi) is 2.15. The Balaban J connectivity index is 3.48. The third-order valence-corrected chi connectivity index (χ3v) is 3.96. The van der Waals surface area contributed by atoms with Gasteiger partial charge in [-0.05, 0) is 18.8 Å². The van der Waals surface area contributed by atoms with E-state index in [1.54, 1.807) is 12.5 Å². The van der Waals surface area contributed by atoms with Gasteiger partial charge in [0.2, 0.25) is 0 Å². The Bertz CT molecular complexity index is 72.9. The third-order valence-electron chi connectivity index (χ3n) is 0.440. The van der Waals surface area contributed by atoms with Gasteiger partial charge in [-0.2, -0.15) is 0 Å². The molecular formula is C3H10OS2. The fourth-order valence-corrected chi connectivity index (χ4v) is 0. The van der Waals surface area contributed by atoms with Crippen LogP contribution in [0.3, 0.4) is 0 Å². The van der Waals surface area contributed by atoms with Gasteiger partial charge in [-0.25, -0.2) is 0 Å². The summed E-state index contributed by atoms with van der Waals surface area (Å²) in [6.45, 7) is 0. The van der Waals surface area contributed by atoms with Crippen molar-refractivity contribution in [3.05, 3.63) is 0 Å². The van der Waals surface area contributed by atoms with Crippen LogP contribution in [-0.2, 0) is 8.96 Å². The normalized spacial score (nSPS) is 14.5. The van der Waals surface area contributed by atoms with Gasteiger partial charge in [0, 0.05) is 0 Å². The number of hydrogen-bond donors (Lipinski definition) is 1. The van der Waals surface area contributed by atoms with Gasteiger partial charge in [0.05, 0.1) is 0 Å². The summed E-state index contributed by atoms with van der Waals surface area (Å²) < 4.78 is 10.5. The van der Waals surface area contributed by atoms with E-state index in [-0.39, 0.29) is 0 Å². The van der Waals surface area contributed by atoms with Crippen molar-refractivity contribution in [2.75, 3.05) is 18.8 Å². The number of rotatable bonds is 1. The molecule has 0 saturated heterocycles. The molecule has 0 radical (unpaired) electrons. The highest BCUT2D eigenvalue weighted by Gasteiger charge is 1.90. The lowest BCUT2D eigenvalue weighted by molar-refractivity contribution is 0.688. The minimum atomic E-state index is -1.73. The molecule has 3 heteroatoms. The Morgan fingerprint density at radius 2 is 1.67 bits per heavy atom. The van der Waals surface area contributed by atoms with Crippen LogP contribution >= 0.6 is 10.8 Å². The Morgan fingerprint density at radius 1 is 1.50 bits per heavy atom. The zero-order valence-electron chi connectivity index (χ0n) is 4.26. The minimum absolute atomic E-state index is 1.44. The first kappa shape index (κ1) is 6.50. The summed E-state index contributed by atoms with van der Waals surface area (Å²) in [7, 11) is -0.292. The van der Waals surface area contributed by atoms with Gasteiger partial charge in [0.15, 0.2) is 0 Å². The zero-order chi connectivity index (χ0) is 5.21. The zero-order valence-corrected chi connectivity index (χ0v) is 5.97. The molecule has 0 atom stereocenters. The van der Waals surface area contributed by atoms with Crippen molar-refractivity contribution in [3.8, 4) is 0 Å². The highest BCUT2D eigenvalue weighted by Crippen LogP contribution is 2.08. The topological polar surface area (TPSA) is 17.1 Å². The summed E-state index contributed by atoms with van der Waals surface area (Å²) in [4.78, 5) is 0. The van der Waals surface area contributed by atoms with Gasteiger partial charge >= 0.3 is 0 Å². The van der Waals surface area contributed by atoms with Crippen LogP contribution in [0.25, 0.3) is 0 Å². The maximum Gasteiger partial charge on any atom is -0.00215 e. The molecule has 0 fully saturated rings. The Morgan fingerprint density at radius 3 is 1.67 bits per heavy atom. The summed E-state index contributed by atoms with van der Waals surface area (Å²) in [6, 6.07) is 0. The van der Waals surface area contributed by atoms with E-state index in [9.17, 15) is 4.21 Å². The number of thiol groups is 1. The fourth-order valence-electron chi connectivity index (χ4n) is 0. The van der Waals surface area contributed by atoms with Gasteiger partial charge in [-0.1, -0.05) is 19.8 Å². The second-order valence-corrected chi connectivity index (χ2v) is 8.04. The monoisotopic (exact) mass is 126 g/mol. The summed E-state index contributed by atoms with van der Waals surface area (Å²) in [5.41, 5.74) is 0. The maximum absolute atomic E-state index is 10.5. The smallest absolute Gasteiger partial charge is 0.00215 e. The quantitative estimate of drug-likeness (QED) is 0.408. The van der Waals surface area contributed by atoms with E-state index in [1.807, 2.05) is 6.26 Å². The summed E-state index contributed by atoms with van der Waals surface area (Å²) >= 11 is 0. The Hall–Kier alpha value is 0.500. The van der Waals surface area contributed by atoms with Gasteiger partial charge < -0.3 is 0 Å². The molecule has 0 rings (SSSR count). The van der Waals surface area contributed by atoms with Crippen molar-refractivity contribution in [1.29, 1.82) is 0 Å². The van der Waals surface area contributed by atoms with Crippen LogP contribution in [0.15, 0.2) is 0 Å². The summed E-state index contributed by atoms with van der Waals surface area (Å²) in [5, 5.41) is 0. The van der Waals surface area contributed by atoms with Crippen LogP contribution < -0.4 is 0 Å². The summed E-state index contributed by atoms with van der Waals surface area (Å²) in [5.74, 6) is 0. The number of hydrogen-bond acceptors (Lipinski definition) is 2. The molecule has 0 unspecified atom stereocenters. The molecule has 0 N–H and O–H groups in total. The van der Waals surface area contributed by atoms with Crippen molar-refractivity contribution in [2.45, 2.75) is 0 Å². The maximum atomic E-state index is 10.5. The molecule has 0 spiro atoms. The average molecular weight is 126 g/mol. The highest BCUT2D eigenvalue weighted by molar-refractivity contribution is 8.76. The minimum Gasteiger partial charge on any atom is -0.276 e. The summed E-state index contributed by atoms with van der Waals surface area (Å²) in [6.07, 6.45) is 5.39. The first-order valence-electron chi connectivity index (χ1n) is 1.67. The molecule has 0 aliphatic rings. The molecule has 0 aromatic heterocycles. The van der Waals surface area contributed by atoms with Crippen LogP contribution in [0.1, 0.15) is 0 Å². The van der Waals surface area contributed by atoms with Crippen molar-refractivity contribution < 1.29 is 4.21 Å². The van der Waals surface area contributed by atoms with Crippen molar-refractivity contribution in [3.63, 3.8) is 0 Å². The molecule has 0 saturated carbocycles. The van der Waals surface area contributed by atoms with Crippen molar-refractivity contribution in [1.82, 2.24) is 0 Å². The average Bonchev–Trinajstić information content (AvgIpc) is 1.35. The third kappa shape index (κ3) is 4.50. The predicted molar refractivity (Wildman–Crippen MR) is 34.9 cm³/mol. The molecule has 0 aromatic carbocycles. The van der Waals surface area contributed by atoms with E-state index in [0.717, 1.165) is 0 Å². The molecule has 0 aliphatic carbocycles. The first-order valence-corrected chi connectivity index (χ1v) is 6.10. The van der Waals surface area contributed by atoms with Gasteiger partial charge in [0.25, 0.3) is 0 Å². The molecule has 0 aromatic rings. The van der Waals surface area contributed by atoms with Crippen LogP contribution in [0.4, 0.5) is 0 Å². The predicted octanol–water partition coefficient (Wildman–Crippen LogP) is 0.541. The standard InChI is InChI=1S/C3H10OS2/c1-5-6(2,3)4/h6H,1-3H3. The molecule has 0 heterocycles. The van der Waals surface area contributed by atoms with E-state index >= 15 is 0 Å². The van der Waals surface area contributed by atoms with E-state index in [4.69, 9.17) is 0 Å². The lowest BCUT2D eigenvalue weighted by atomic mass is 11.9. The molecule has 0 bridgehead atoms. The van der Waals surface area contributed by atoms with Crippen molar-refractivity contribution >= 4 is 19.8 Å². The molecule has 40 valence electrons. The van der Waals surface area contributed by atoms with Crippen LogP contribution in [0.2, 0.25) is 0 Å². The second kappa shape index (κ2) is 1.98. The van der Waals surface area contributed by atoms with Gasteiger partial charge in [-0.3, -0.25) is 4.21 Å².